The quantitative estimate of drug-likeness (QED) is 0.102. The van der Waals surface area contributed by atoms with Crippen LogP contribution in [0.1, 0.15) is 115 Å². The Labute approximate surface area is 246 Å². The maximum Gasteiger partial charge on any atom is 0.328 e. The minimum Gasteiger partial charge on any atom is -0.327 e. The van der Waals surface area contributed by atoms with Gasteiger partial charge in [0.15, 0.2) is 0 Å². The number of hydrogen-bond donors (Lipinski definition) is 3. The molecule has 0 amide bonds. The van der Waals surface area contributed by atoms with Crippen molar-refractivity contribution in [1.82, 2.24) is 9.97 Å². The zero-order valence-electron chi connectivity index (χ0n) is 24.4. The van der Waals surface area contributed by atoms with Gasteiger partial charge in [0.2, 0.25) is 0 Å². The van der Waals surface area contributed by atoms with E-state index in [1.54, 1.807) is 42.5 Å². The zero-order chi connectivity index (χ0) is 29.8. The highest BCUT2D eigenvalue weighted by atomic mass is 32.2. The van der Waals surface area contributed by atoms with E-state index in [4.69, 9.17) is 0 Å². The molecule has 1 aliphatic rings. The molecule has 41 heavy (non-hydrogen) atoms. The van der Waals surface area contributed by atoms with Gasteiger partial charge in [-0.3, -0.25) is 9.11 Å². The third-order valence-corrected chi connectivity index (χ3v) is 10.7. The number of imidazole rings is 1. The van der Waals surface area contributed by atoms with Crippen LogP contribution < -0.4 is 0 Å². The Morgan fingerprint density at radius 1 is 0.805 bits per heavy atom. The number of fused-ring (bicyclic) bond motifs is 1. The molecule has 1 aromatic carbocycles. The summed E-state index contributed by atoms with van der Waals surface area (Å²) in [6.45, 7) is 2.25. The lowest BCUT2D eigenvalue weighted by Gasteiger charge is -2.36. The van der Waals surface area contributed by atoms with Crippen LogP contribution >= 0.6 is 0 Å². The van der Waals surface area contributed by atoms with Gasteiger partial charge in [0.1, 0.15) is 4.75 Å². The number of para-hydroxylation sites is 1. The highest BCUT2D eigenvalue weighted by Crippen LogP contribution is 2.40. The lowest BCUT2D eigenvalue weighted by atomic mass is 9.79. The van der Waals surface area contributed by atoms with Crippen LogP contribution in [0.3, 0.4) is 0 Å². The van der Waals surface area contributed by atoms with Crippen molar-refractivity contribution in [1.29, 1.82) is 0 Å². The molecule has 1 aromatic heterocycles. The van der Waals surface area contributed by atoms with Crippen molar-refractivity contribution in [2.75, 3.05) is 0 Å². The number of nitrogens with zero attached hydrogens (tertiary/aromatic N) is 1. The largest absolute Gasteiger partial charge is 0.328 e. The first-order valence-electron chi connectivity index (χ1n) is 15.4. The molecule has 0 radical (unpaired) electrons. The van der Waals surface area contributed by atoms with E-state index in [0.29, 0.717) is 29.4 Å². The summed E-state index contributed by atoms with van der Waals surface area (Å²) in [5, 5.41) is -0.558. The van der Waals surface area contributed by atoms with E-state index in [0.717, 1.165) is 19.3 Å². The van der Waals surface area contributed by atoms with Crippen molar-refractivity contribution in [2.45, 2.75) is 126 Å². The molecule has 8 nitrogen and oxygen atoms in total. The molecular formula is C31H48N2O6S2. The van der Waals surface area contributed by atoms with E-state index in [-0.39, 0.29) is 6.42 Å². The van der Waals surface area contributed by atoms with Gasteiger partial charge in [0, 0.05) is 5.92 Å². The summed E-state index contributed by atoms with van der Waals surface area (Å²) in [7, 11) is -8.97. The van der Waals surface area contributed by atoms with Gasteiger partial charge in [-0.1, -0.05) is 140 Å². The van der Waals surface area contributed by atoms with Crippen LogP contribution in [-0.4, -0.2) is 40.7 Å². The Hall–Kier alpha value is -2.01. The first kappa shape index (κ1) is 33.5. The third kappa shape index (κ3) is 9.76. The average molecular weight is 609 g/mol. The Kier molecular flexibility index (Phi) is 13.1. The number of benzene rings is 1. The molecule has 0 aliphatic heterocycles. The fourth-order valence-electron chi connectivity index (χ4n) is 5.98. The monoisotopic (exact) mass is 608 g/mol. The molecule has 2 unspecified atom stereocenters. The summed E-state index contributed by atoms with van der Waals surface area (Å²) in [4.78, 5) is 6.66. The van der Waals surface area contributed by atoms with Gasteiger partial charge in [-0.25, -0.2) is 4.98 Å². The second-order valence-electron chi connectivity index (χ2n) is 11.5. The summed E-state index contributed by atoms with van der Waals surface area (Å²) in [5.41, 5.74) is 1.40. The molecule has 3 N–H and O–H groups in total. The van der Waals surface area contributed by atoms with Crippen LogP contribution in [0.4, 0.5) is 0 Å². The molecule has 2 atom stereocenters. The van der Waals surface area contributed by atoms with Crippen LogP contribution in [0, 0.1) is 5.92 Å². The molecule has 0 saturated heterocycles. The Bertz CT molecular complexity index is 1360. The van der Waals surface area contributed by atoms with E-state index in [1.165, 1.54) is 70.6 Å². The summed E-state index contributed by atoms with van der Waals surface area (Å²) in [6, 6.07) is 5.12. The number of aromatic amines is 1. The first-order chi connectivity index (χ1) is 19.6. The molecule has 1 heterocycles. The number of H-pyrrole nitrogens is 1. The fourth-order valence-corrected chi connectivity index (χ4v) is 7.63. The highest BCUT2D eigenvalue weighted by Gasteiger charge is 2.47. The van der Waals surface area contributed by atoms with E-state index in [2.05, 4.69) is 16.9 Å². The van der Waals surface area contributed by atoms with Gasteiger partial charge in [-0.2, -0.15) is 16.8 Å². The van der Waals surface area contributed by atoms with E-state index >= 15 is 0 Å². The van der Waals surface area contributed by atoms with Crippen molar-refractivity contribution >= 4 is 31.3 Å². The lowest BCUT2D eigenvalue weighted by molar-refractivity contribution is 0.376. The van der Waals surface area contributed by atoms with Crippen molar-refractivity contribution in [2.24, 2.45) is 5.92 Å². The Balaban J connectivity index is 1.49. The number of nitrogens with one attached hydrogen (secondary N) is 1. The fraction of sp³-hybridized carbons (Fsp3) is 0.645. The predicted octanol–water partition coefficient (Wildman–Crippen LogP) is 7.98. The van der Waals surface area contributed by atoms with Crippen LogP contribution in [0.15, 0.2) is 47.7 Å². The molecule has 3 rings (SSSR count). The van der Waals surface area contributed by atoms with Gasteiger partial charge >= 0.3 is 10.1 Å². The van der Waals surface area contributed by atoms with E-state index in [9.17, 15) is 25.9 Å². The zero-order valence-corrected chi connectivity index (χ0v) is 26.1. The third-order valence-electron chi connectivity index (χ3n) is 8.37. The number of rotatable bonds is 20. The predicted molar refractivity (Wildman–Crippen MR) is 165 cm³/mol. The maximum atomic E-state index is 12.8. The Morgan fingerprint density at radius 2 is 1.37 bits per heavy atom. The summed E-state index contributed by atoms with van der Waals surface area (Å²) in [6.07, 6.45) is 25.6. The molecule has 0 saturated carbocycles. The molecular weight excluding hydrogens is 560 g/mol. The smallest absolute Gasteiger partial charge is 0.327 e. The molecule has 230 valence electrons. The van der Waals surface area contributed by atoms with E-state index < -0.39 is 36.1 Å². The molecule has 1 aliphatic carbocycles. The number of allylic oxidation sites excluding steroid dienone is 3. The van der Waals surface area contributed by atoms with Crippen molar-refractivity contribution < 1.29 is 25.9 Å². The van der Waals surface area contributed by atoms with Gasteiger partial charge in [-0.15, -0.1) is 0 Å². The van der Waals surface area contributed by atoms with E-state index in [1.807, 2.05) is 0 Å². The summed E-state index contributed by atoms with van der Waals surface area (Å²) >= 11 is 0. The topological polar surface area (TPSA) is 137 Å². The number of hydrogen-bond acceptors (Lipinski definition) is 5. The minimum atomic E-state index is -4.52. The highest BCUT2D eigenvalue weighted by molar-refractivity contribution is 7.87. The summed E-state index contributed by atoms with van der Waals surface area (Å²) < 4.78 is 67.2. The van der Waals surface area contributed by atoms with Crippen molar-refractivity contribution in [3.8, 4) is 0 Å². The van der Waals surface area contributed by atoms with Crippen LogP contribution in [0.2, 0.25) is 0 Å². The minimum absolute atomic E-state index is 0.229. The SMILES string of the molecule is CCCCCCCCCCCCCCCCCC1(S(=O)(=O)O)C=CC=CC1Cc1cccc2[nH]c(S(=O)(=O)O)nc12. The molecule has 2 aromatic rings. The first-order valence-corrected chi connectivity index (χ1v) is 18.2. The second-order valence-corrected chi connectivity index (χ2v) is 14.6. The second kappa shape index (κ2) is 16.0. The average Bonchev–Trinajstić information content (AvgIpc) is 3.37. The number of aromatic nitrogens is 2. The molecule has 0 spiro atoms. The van der Waals surface area contributed by atoms with Crippen molar-refractivity contribution in [3.05, 3.63) is 48.1 Å². The molecule has 0 fully saturated rings. The lowest BCUT2D eigenvalue weighted by Crippen LogP contribution is -2.45. The normalized spacial score (nSPS) is 19.3. The molecule has 0 bridgehead atoms. The van der Waals surface area contributed by atoms with Crippen molar-refractivity contribution in [3.63, 3.8) is 0 Å². The Morgan fingerprint density at radius 3 is 1.90 bits per heavy atom. The molecule has 10 heteroatoms. The number of unbranched alkanes of at least 4 members (excludes halogenated alkanes) is 14. The van der Waals surface area contributed by atoms with Gasteiger partial charge in [0.05, 0.1) is 11.0 Å². The van der Waals surface area contributed by atoms with Crippen LogP contribution in [-0.2, 0) is 26.7 Å². The maximum absolute atomic E-state index is 12.8. The van der Waals surface area contributed by atoms with Gasteiger partial charge in [0.25, 0.3) is 15.3 Å². The van der Waals surface area contributed by atoms with Gasteiger partial charge < -0.3 is 4.98 Å². The standard InChI is InChI=1S/C31H48N2O6S2/c1-2-3-4-5-6-7-8-9-10-11-12-13-14-15-17-23-31(41(37,38)39)24-18-16-21-27(31)25-26-20-19-22-28-29(26)33-30(32-28)40(34,35)36/h16,18-22,24,27H,2-15,17,23,25H2,1H3,(H,32,33)(H,34,35,36)(H,37,38,39). The van der Waals surface area contributed by atoms with Gasteiger partial charge in [-0.05, 0) is 24.5 Å². The summed E-state index contributed by atoms with van der Waals surface area (Å²) in [5.74, 6) is -0.564. The van der Waals surface area contributed by atoms with Crippen LogP contribution in [0.5, 0.6) is 0 Å². The van der Waals surface area contributed by atoms with Crippen LogP contribution in [0.25, 0.3) is 11.0 Å².